The number of amides is 3. The number of carbonyl (C=O) groups excluding carboxylic acids is 2. The monoisotopic (exact) mass is 261 g/mol. The fourth-order valence-electron chi connectivity index (χ4n) is 2.20. The Morgan fingerprint density at radius 3 is 2.58 bits per heavy atom. The van der Waals surface area contributed by atoms with E-state index in [1.54, 1.807) is 6.92 Å². The third-order valence-electron chi connectivity index (χ3n) is 3.29. The van der Waals surface area contributed by atoms with E-state index >= 15 is 0 Å². The zero-order valence-electron chi connectivity index (χ0n) is 11.2. The van der Waals surface area contributed by atoms with Crippen molar-refractivity contribution in [1.82, 2.24) is 15.5 Å². The van der Waals surface area contributed by atoms with Crippen LogP contribution < -0.4 is 10.6 Å². The molecule has 1 aliphatic heterocycles. The molecule has 1 heterocycles. The third-order valence-corrected chi connectivity index (χ3v) is 3.29. The molecule has 0 aliphatic carbocycles. The Kier molecular flexibility index (Phi) is 4.16. The maximum absolute atomic E-state index is 12.1. The van der Waals surface area contributed by atoms with Crippen LogP contribution in [-0.4, -0.2) is 36.0 Å². The van der Waals surface area contributed by atoms with Gasteiger partial charge in [0.2, 0.25) is 5.91 Å². The van der Waals surface area contributed by atoms with Crippen molar-refractivity contribution in [2.24, 2.45) is 0 Å². The fraction of sp³-hybridized carbons (Fsp3) is 0.429. The van der Waals surface area contributed by atoms with E-state index in [1.807, 2.05) is 37.3 Å². The summed E-state index contributed by atoms with van der Waals surface area (Å²) in [6, 6.07) is 9.28. The zero-order valence-corrected chi connectivity index (χ0v) is 11.2. The molecule has 0 saturated carbocycles. The number of hydrogen-bond acceptors (Lipinski definition) is 3. The highest BCUT2D eigenvalue weighted by Gasteiger charge is 2.30. The molecule has 2 atom stereocenters. The molecule has 0 unspecified atom stereocenters. The summed E-state index contributed by atoms with van der Waals surface area (Å²) >= 11 is 0. The molecule has 19 heavy (non-hydrogen) atoms. The second kappa shape index (κ2) is 5.84. The number of carbonyl (C=O) groups is 2. The van der Waals surface area contributed by atoms with Gasteiger partial charge in [-0.1, -0.05) is 30.3 Å². The highest BCUT2D eigenvalue weighted by molar-refractivity contribution is 5.98. The maximum Gasteiger partial charge on any atom is 0.324 e. The molecule has 5 nitrogen and oxygen atoms in total. The summed E-state index contributed by atoms with van der Waals surface area (Å²) in [7, 11) is 0. The number of benzene rings is 1. The SMILES string of the molecule is C[C@H](N[C@H](C)C(=O)N1CCNC1=O)c1ccccc1. The minimum absolute atomic E-state index is 0.0609. The van der Waals surface area contributed by atoms with Crippen LogP contribution in [0.4, 0.5) is 4.79 Å². The lowest BCUT2D eigenvalue weighted by Gasteiger charge is -2.22. The van der Waals surface area contributed by atoms with Crippen molar-refractivity contribution < 1.29 is 9.59 Å². The highest BCUT2D eigenvalue weighted by atomic mass is 16.2. The van der Waals surface area contributed by atoms with Crippen molar-refractivity contribution >= 4 is 11.9 Å². The summed E-state index contributed by atoms with van der Waals surface area (Å²) in [5.41, 5.74) is 1.12. The fourth-order valence-corrected chi connectivity index (χ4v) is 2.20. The van der Waals surface area contributed by atoms with Crippen LogP contribution in [0.15, 0.2) is 30.3 Å². The summed E-state index contributed by atoms with van der Waals surface area (Å²) in [6.07, 6.45) is 0. The average Bonchev–Trinajstić information content (AvgIpc) is 2.85. The normalized spacial score (nSPS) is 18.0. The summed E-state index contributed by atoms with van der Waals surface area (Å²) in [5, 5.41) is 5.85. The van der Waals surface area contributed by atoms with Crippen molar-refractivity contribution in [1.29, 1.82) is 0 Å². The third kappa shape index (κ3) is 3.12. The van der Waals surface area contributed by atoms with Crippen LogP contribution in [0.1, 0.15) is 25.5 Å². The van der Waals surface area contributed by atoms with Crippen LogP contribution in [0.5, 0.6) is 0 Å². The smallest absolute Gasteiger partial charge is 0.324 e. The van der Waals surface area contributed by atoms with E-state index < -0.39 is 0 Å². The Bertz CT molecular complexity index is 461. The Labute approximate surface area is 113 Å². The number of hydrogen-bond donors (Lipinski definition) is 2. The summed E-state index contributed by atoms with van der Waals surface area (Å²) in [4.78, 5) is 24.8. The standard InChI is InChI=1S/C14H19N3O2/c1-10(12-6-4-3-5-7-12)16-11(2)13(18)17-9-8-15-14(17)19/h3-7,10-11,16H,8-9H2,1-2H3,(H,15,19)/t10-,11+/m0/s1. The van der Waals surface area contributed by atoms with Crippen molar-refractivity contribution in [2.45, 2.75) is 25.9 Å². The van der Waals surface area contributed by atoms with Crippen molar-refractivity contribution in [2.75, 3.05) is 13.1 Å². The quantitative estimate of drug-likeness (QED) is 0.858. The number of nitrogens with zero attached hydrogens (tertiary/aromatic N) is 1. The molecule has 0 bridgehead atoms. The minimum Gasteiger partial charge on any atom is -0.336 e. The topological polar surface area (TPSA) is 61.4 Å². The van der Waals surface area contributed by atoms with Crippen LogP contribution in [0.25, 0.3) is 0 Å². The molecule has 1 aliphatic rings. The summed E-state index contributed by atoms with van der Waals surface area (Å²) in [6.45, 7) is 4.77. The average molecular weight is 261 g/mol. The van der Waals surface area contributed by atoms with Gasteiger partial charge in [0.05, 0.1) is 6.04 Å². The number of imide groups is 1. The molecule has 1 aromatic carbocycles. The number of rotatable bonds is 4. The number of nitrogens with one attached hydrogen (secondary N) is 2. The van der Waals surface area contributed by atoms with E-state index in [1.165, 1.54) is 4.90 Å². The van der Waals surface area contributed by atoms with Crippen LogP contribution in [0.3, 0.4) is 0 Å². The predicted octanol–water partition coefficient (Wildman–Crippen LogP) is 1.28. The molecule has 0 radical (unpaired) electrons. The van der Waals surface area contributed by atoms with E-state index in [0.29, 0.717) is 13.1 Å². The predicted molar refractivity (Wildman–Crippen MR) is 72.6 cm³/mol. The molecule has 1 saturated heterocycles. The molecule has 1 fully saturated rings. The van der Waals surface area contributed by atoms with Gasteiger partial charge in [0.25, 0.3) is 0 Å². The molecule has 2 rings (SSSR count). The van der Waals surface area contributed by atoms with E-state index in [-0.39, 0.29) is 24.0 Å². The van der Waals surface area contributed by atoms with Gasteiger partial charge in [-0.05, 0) is 19.4 Å². The summed E-state index contributed by atoms with van der Waals surface area (Å²) < 4.78 is 0. The van der Waals surface area contributed by atoms with E-state index in [2.05, 4.69) is 10.6 Å². The lowest BCUT2D eigenvalue weighted by atomic mass is 10.1. The van der Waals surface area contributed by atoms with Gasteiger partial charge in [0.1, 0.15) is 0 Å². The van der Waals surface area contributed by atoms with Gasteiger partial charge >= 0.3 is 6.03 Å². The van der Waals surface area contributed by atoms with Crippen LogP contribution in [0, 0.1) is 0 Å². The molecular weight excluding hydrogens is 242 g/mol. The first-order valence-electron chi connectivity index (χ1n) is 6.50. The first kappa shape index (κ1) is 13.5. The largest absolute Gasteiger partial charge is 0.336 e. The van der Waals surface area contributed by atoms with E-state index in [0.717, 1.165) is 5.56 Å². The molecule has 1 aromatic rings. The van der Waals surface area contributed by atoms with Gasteiger partial charge in [-0.15, -0.1) is 0 Å². The van der Waals surface area contributed by atoms with Gasteiger partial charge in [-0.2, -0.15) is 0 Å². The van der Waals surface area contributed by atoms with Gasteiger partial charge in [0, 0.05) is 19.1 Å². The molecule has 5 heteroatoms. The highest BCUT2D eigenvalue weighted by Crippen LogP contribution is 2.13. The van der Waals surface area contributed by atoms with Gasteiger partial charge in [0.15, 0.2) is 0 Å². The first-order valence-corrected chi connectivity index (χ1v) is 6.50. The Morgan fingerprint density at radius 1 is 1.32 bits per heavy atom. The van der Waals surface area contributed by atoms with Crippen molar-refractivity contribution in [3.8, 4) is 0 Å². The van der Waals surface area contributed by atoms with Crippen molar-refractivity contribution in [3.05, 3.63) is 35.9 Å². The van der Waals surface area contributed by atoms with Crippen LogP contribution >= 0.6 is 0 Å². The number of urea groups is 1. The minimum atomic E-state index is -0.390. The van der Waals surface area contributed by atoms with Gasteiger partial charge < -0.3 is 5.32 Å². The Balaban J connectivity index is 1.95. The van der Waals surface area contributed by atoms with E-state index in [4.69, 9.17) is 0 Å². The Hall–Kier alpha value is -1.88. The lowest BCUT2D eigenvalue weighted by Crippen LogP contribution is -2.46. The molecule has 2 N–H and O–H groups in total. The second-order valence-electron chi connectivity index (χ2n) is 4.74. The Morgan fingerprint density at radius 2 is 2.00 bits per heavy atom. The van der Waals surface area contributed by atoms with Gasteiger partial charge in [-0.25, -0.2) is 4.79 Å². The molecule has 0 aromatic heterocycles. The molecule has 0 spiro atoms. The van der Waals surface area contributed by atoms with Gasteiger partial charge in [-0.3, -0.25) is 15.0 Å². The first-order chi connectivity index (χ1) is 9.09. The second-order valence-corrected chi connectivity index (χ2v) is 4.74. The maximum atomic E-state index is 12.1. The van der Waals surface area contributed by atoms with E-state index in [9.17, 15) is 9.59 Å². The van der Waals surface area contributed by atoms with Crippen LogP contribution in [-0.2, 0) is 4.79 Å². The molecule has 3 amide bonds. The zero-order chi connectivity index (χ0) is 13.8. The molecule has 102 valence electrons. The molecular formula is C14H19N3O2. The summed E-state index contributed by atoms with van der Waals surface area (Å²) in [5.74, 6) is -0.183. The van der Waals surface area contributed by atoms with Crippen molar-refractivity contribution in [3.63, 3.8) is 0 Å². The lowest BCUT2D eigenvalue weighted by molar-refractivity contribution is -0.129. The van der Waals surface area contributed by atoms with Crippen LogP contribution in [0.2, 0.25) is 0 Å².